The van der Waals surface area contributed by atoms with E-state index in [9.17, 15) is 4.79 Å². The molecule has 3 aromatic rings. The van der Waals surface area contributed by atoms with Crippen LogP contribution in [0.3, 0.4) is 0 Å². The van der Waals surface area contributed by atoms with E-state index in [0.717, 1.165) is 16.8 Å². The van der Waals surface area contributed by atoms with Gasteiger partial charge in [-0.2, -0.15) is 0 Å². The highest BCUT2D eigenvalue weighted by atomic mass is 16.1. The average Bonchev–Trinajstić information content (AvgIpc) is 2.82. The van der Waals surface area contributed by atoms with E-state index >= 15 is 0 Å². The molecule has 0 bridgehead atoms. The van der Waals surface area contributed by atoms with Crippen LogP contribution in [0.4, 0.5) is 0 Å². The van der Waals surface area contributed by atoms with Crippen LogP contribution in [-0.2, 0) is 0 Å². The van der Waals surface area contributed by atoms with E-state index in [1.165, 1.54) is 5.56 Å². The number of nitrogens with one attached hydrogen (secondary N) is 1. The van der Waals surface area contributed by atoms with Gasteiger partial charge in [-0.15, -0.1) is 0 Å². The number of benzene rings is 2. The number of aromatic nitrogens is 2. The SMILES string of the molecule is Cc1ccc(-n2[nH]cc(-c3ccccc3C)c2=O)cc1. The van der Waals surface area contributed by atoms with E-state index in [1.807, 2.05) is 62.4 Å². The first-order chi connectivity index (χ1) is 9.66. The van der Waals surface area contributed by atoms with Gasteiger partial charge in [-0.3, -0.25) is 9.89 Å². The van der Waals surface area contributed by atoms with Crippen LogP contribution in [0.1, 0.15) is 11.1 Å². The van der Waals surface area contributed by atoms with Crippen molar-refractivity contribution in [2.24, 2.45) is 0 Å². The van der Waals surface area contributed by atoms with Crippen molar-refractivity contribution < 1.29 is 0 Å². The molecule has 0 aliphatic carbocycles. The molecular formula is C17H16N2O. The molecule has 0 atom stereocenters. The largest absolute Gasteiger partial charge is 0.298 e. The van der Waals surface area contributed by atoms with Gasteiger partial charge in [0.05, 0.1) is 11.3 Å². The fourth-order valence-electron chi connectivity index (χ4n) is 2.32. The second kappa shape index (κ2) is 4.85. The molecular weight excluding hydrogens is 248 g/mol. The van der Waals surface area contributed by atoms with Gasteiger partial charge in [0.15, 0.2) is 0 Å². The lowest BCUT2D eigenvalue weighted by atomic mass is 10.0. The molecule has 3 rings (SSSR count). The fourth-order valence-corrected chi connectivity index (χ4v) is 2.32. The number of rotatable bonds is 2. The minimum absolute atomic E-state index is 0.0249. The number of aryl methyl sites for hydroxylation is 2. The Kier molecular flexibility index (Phi) is 3.03. The first kappa shape index (κ1) is 12.5. The van der Waals surface area contributed by atoms with Crippen molar-refractivity contribution in [3.05, 3.63) is 76.2 Å². The molecule has 20 heavy (non-hydrogen) atoms. The molecule has 1 aromatic heterocycles. The molecule has 1 N–H and O–H groups in total. The van der Waals surface area contributed by atoms with Crippen molar-refractivity contribution in [1.82, 2.24) is 9.78 Å². The van der Waals surface area contributed by atoms with E-state index in [0.29, 0.717) is 5.56 Å². The summed E-state index contributed by atoms with van der Waals surface area (Å²) >= 11 is 0. The third-order valence-electron chi connectivity index (χ3n) is 3.50. The van der Waals surface area contributed by atoms with Gasteiger partial charge < -0.3 is 0 Å². The second-order valence-corrected chi connectivity index (χ2v) is 4.98. The molecule has 0 spiro atoms. The van der Waals surface area contributed by atoms with Gasteiger partial charge in [0.25, 0.3) is 5.56 Å². The predicted molar refractivity (Wildman–Crippen MR) is 81.3 cm³/mol. The van der Waals surface area contributed by atoms with Crippen molar-refractivity contribution in [1.29, 1.82) is 0 Å². The van der Waals surface area contributed by atoms with Crippen LogP contribution in [0, 0.1) is 13.8 Å². The lowest BCUT2D eigenvalue weighted by Crippen LogP contribution is -2.15. The Hall–Kier alpha value is -2.55. The number of H-pyrrole nitrogens is 1. The minimum atomic E-state index is -0.0249. The Labute approximate surface area is 117 Å². The van der Waals surface area contributed by atoms with Crippen LogP contribution < -0.4 is 5.56 Å². The normalized spacial score (nSPS) is 10.7. The van der Waals surface area contributed by atoms with Crippen molar-refractivity contribution in [2.45, 2.75) is 13.8 Å². The quantitative estimate of drug-likeness (QED) is 0.756. The zero-order valence-electron chi connectivity index (χ0n) is 11.6. The highest BCUT2D eigenvalue weighted by Crippen LogP contribution is 2.19. The molecule has 3 nitrogen and oxygen atoms in total. The molecule has 100 valence electrons. The molecule has 0 fully saturated rings. The fraction of sp³-hybridized carbons (Fsp3) is 0.118. The summed E-state index contributed by atoms with van der Waals surface area (Å²) in [6.45, 7) is 4.04. The van der Waals surface area contributed by atoms with Gasteiger partial charge >= 0.3 is 0 Å². The van der Waals surface area contributed by atoms with E-state index in [-0.39, 0.29) is 5.56 Å². The van der Waals surface area contributed by atoms with Gasteiger partial charge in [0.1, 0.15) is 0 Å². The topological polar surface area (TPSA) is 37.8 Å². The summed E-state index contributed by atoms with van der Waals surface area (Å²) in [6.07, 6.45) is 1.77. The maximum atomic E-state index is 12.5. The standard InChI is InChI=1S/C17H16N2O/c1-12-7-9-14(10-8-12)19-17(20)16(11-18-19)15-6-4-3-5-13(15)2/h3-11,18H,1-2H3. The maximum Gasteiger partial charge on any atom is 0.279 e. The minimum Gasteiger partial charge on any atom is -0.298 e. The molecule has 0 radical (unpaired) electrons. The zero-order chi connectivity index (χ0) is 14.1. The molecule has 2 aromatic carbocycles. The van der Waals surface area contributed by atoms with Gasteiger partial charge in [0, 0.05) is 6.20 Å². The van der Waals surface area contributed by atoms with E-state index < -0.39 is 0 Å². The number of hydrogen-bond donors (Lipinski definition) is 1. The summed E-state index contributed by atoms with van der Waals surface area (Å²) in [6, 6.07) is 15.8. The molecule has 0 aliphatic rings. The summed E-state index contributed by atoms with van der Waals surface area (Å²) in [5.74, 6) is 0. The number of nitrogens with zero attached hydrogens (tertiary/aromatic N) is 1. The predicted octanol–water partition coefficient (Wildman–Crippen LogP) is 3.45. The van der Waals surface area contributed by atoms with Gasteiger partial charge in [-0.1, -0.05) is 42.0 Å². The summed E-state index contributed by atoms with van der Waals surface area (Å²) in [5.41, 5.74) is 4.76. The van der Waals surface area contributed by atoms with Crippen LogP contribution in [0.2, 0.25) is 0 Å². The summed E-state index contributed by atoms with van der Waals surface area (Å²) in [5, 5.41) is 3.04. The number of aromatic amines is 1. The maximum absolute atomic E-state index is 12.5. The molecule has 0 saturated carbocycles. The average molecular weight is 264 g/mol. The molecule has 0 amide bonds. The second-order valence-electron chi connectivity index (χ2n) is 4.98. The van der Waals surface area contributed by atoms with E-state index in [2.05, 4.69) is 5.10 Å². The summed E-state index contributed by atoms with van der Waals surface area (Å²) in [4.78, 5) is 12.5. The Bertz CT molecular complexity index is 794. The van der Waals surface area contributed by atoms with Crippen LogP contribution in [0.5, 0.6) is 0 Å². The van der Waals surface area contributed by atoms with Gasteiger partial charge in [-0.05, 0) is 37.1 Å². The molecule has 1 heterocycles. The Morgan fingerprint density at radius 2 is 1.60 bits per heavy atom. The van der Waals surface area contributed by atoms with Crippen molar-refractivity contribution in [3.63, 3.8) is 0 Å². The molecule has 3 heteroatoms. The first-order valence-corrected chi connectivity index (χ1v) is 6.60. The van der Waals surface area contributed by atoms with Crippen molar-refractivity contribution >= 4 is 0 Å². The summed E-state index contributed by atoms with van der Waals surface area (Å²) in [7, 11) is 0. The Balaban J connectivity index is 2.12. The van der Waals surface area contributed by atoms with E-state index in [1.54, 1.807) is 10.9 Å². The lowest BCUT2D eigenvalue weighted by molar-refractivity contribution is 0.849. The van der Waals surface area contributed by atoms with Gasteiger partial charge in [-0.25, -0.2) is 4.68 Å². The molecule has 0 unspecified atom stereocenters. The smallest absolute Gasteiger partial charge is 0.279 e. The van der Waals surface area contributed by atoms with Crippen molar-refractivity contribution in [2.75, 3.05) is 0 Å². The monoisotopic (exact) mass is 264 g/mol. The van der Waals surface area contributed by atoms with Crippen LogP contribution in [0.15, 0.2) is 59.5 Å². The summed E-state index contributed by atoms with van der Waals surface area (Å²) < 4.78 is 1.57. The highest BCUT2D eigenvalue weighted by molar-refractivity contribution is 5.65. The van der Waals surface area contributed by atoms with Crippen LogP contribution in [-0.4, -0.2) is 9.78 Å². The Morgan fingerprint density at radius 1 is 0.900 bits per heavy atom. The van der Waals surface area contributed by atoms with E-state index in [4.69, 9.17) is 0 Å². The zero-order valence-corrected chi connectivity index (χ0v) is 11.6. The highest BCUT2D eigenvalue weighted by Gasteiger charge is 2.11. The Morgan fingerprint density at radius 3 is 2.30 bits per heavy atom. The lowest BCUT2D eigenvalue weighted by Gasteiger charge is -2.02. The molecule has 0 aliphatic heterocycles. The third kappa shape index (κ3) is 2.07. The van der Waals surface area contributed by atoms with Crippen molar-refractivity contribution in [3.8, 4) is 16.8 Å². The molecule has 0 saturated heterocycles. The van der Waals surface area contributed by atoms with Crippen LogP contribution in [0.25, 0.3) is 16.8 Å². The van der Waals surface area contributed by atoms with Gasteiger partial charge in [0.2, 0.25) is 0 Å². The van der Waals surface area contributed by atoms with Crippen LogP contribution >= 0.6 is 0 Å². The first-order valence-electron chi connectivity index (χ1n) is 6.60. The number of hydrogen-bond acceptors (Lipinski definition) is 1. The third-order valence-corrected chi connectivity index (χ3v) is 3.50.